The average Bonchev–Trinajstić information content (AvgIpc) is 3.26. The van der Waals surface area contributed by atoms with Gasteiger partial charge in [-0.2, -0.15) is 11.3 Å². The van der Waals surface area contributed by atoms with Gasteiger partial charge in [0.25, 0.3) is 5.91 Å². The molecule has 2 rings (SSSR count). The summed E-state index contributed by atoms with van der Waals surface area (Å²) in [4.78, 5) is 16.7. The van der Waals surface area contributed by atoms with Crippen molar-refractivity contribution in [1.29, 1.82) is 0 Å². The summed E-state index contributed by atoms with van der Waals surface area (Å²) in [6, 6.07) is 9.42. The second-order valence-electron chi connectivity index (χ2n) is 7.14. The number of nitrogens with one attached hydrogen (secondary N) is 3. The molecule has 1 aromatic carbocycles. The van der Waals surface area contributed by atoms with Crippen molar-refractivity contribution in [3.8, 4) is 0 Å². The summed E-state index contributed by atoms with van der Waals surface area (Å²) in [5, 5.41) is 23.9. The third-order valence-electron chi connectivity index (χ3n) is 4.54. The van der Waals surface area contributed by atoms with Crippen LogP contribution in [0.3, 0.4) is 0 Å². The minimum Gasteiger partial charge on any atom is -0.384 e. The third kappa shape index (κ3) is 8.61. The van der Waals surface area contributed by atoms with Crippen LogP contribution in [0.4, 0.5) is 0 Å². The number of thiophene rings is 1. The van der Waals surface area contributed by atoms with E-state index in [1.54, 1.807) is 18.3 Å². The molecule has 0 saturated carbocycles. The normalized spacial score (nSPS) is 13.1. The zero-order chi connectivity index (χ0) is 21.1. The molecule has 4 N–H and O–H groups in total. The Bertz CT molecular complexity index is 777. The molecule has 30 heavy (non-hydrogen) atoms. The Balaban J connectivity index is 0.00000450. The molecule has 6 nitrogen and oxygen atoms in total. The van der Waals surface area contributed by atoms with Crippen LogP contribution in [0.5, 0.6) is 0 Å². The van der Waals surface area contributed by atoms with Gasteiger partial charge in [0.05, 0.1) is 13.1 Å². The van der Waals surface area contributed by atoms with E-state index in [2.05, 4.69) is 27.9 Å². The first-order chi connectivity index (χ1) is 14.0. The van der Waals surface area contributed by atoms with Crippen LogP contribution in [-0.2, 0) is 12.1 Å². The number of hydrogen-bond acceptors (Lipinski definition) is 4. The Kier molecular flexibility index (Phi) is 12.0. The van der Waals surface area contributed by atoms with Gasteiger partial charge in [0.1, 0.15) is 5.60 Å². The lowest BCUT2D eigenvalue weighted by molar-refractivity contribution is 0.0621. The van der Waals surface area contributed by atoms with Crippen LogP contribution in [0, 0.1) is 0 Å². The summed E-state index contributed by atoms with van der Waals surface area (Å²) in [6.07, 6.45) is 2.04. The van der Waals surface area contributed by atoms with Gasteiger partial charge in [-0.3, -0.25) is 4.79 Å². The lowest BCUT2D eigenvalue weighted by Crippen LogP contribution is -2.44. The highest BCUT2D eigenvalue weighted by atomic mass is 127. The zero-order valence-corrected chi connectivity index (χ0v) is 21.1. The third-order valence-corrected chi connectivity index (χ3v) is 5.22. The molecule has 0 saturated heterocycles. The monoisotopic (exact) mass is 544 g/mol. The molecule has 1 unspecified atom stereocenters. The largest absolute Gasteiger partial charge is 0.384 e. The second kappa shape index (κ2) is 13.6. The molecular formula is C22H33IN4O2S. The van der Waals surface area contributed by atoms with Crippen molar-refractivity contribution in [1.82, 2.24) is 16.0 Å². The number of halogens is 1. The predicted molar refractivity (Wildman–Crippen MR) is 136 cm³/mol. The summed E-state index contributed by atoms with van der Waals surface area (Å²) in [5.74, 6) is 0.601. The van der Waals surface area contributed by atoms with Crippen LogP contribution in [-0.4, -0.2) is 36.6 Å². The molecule has 166 valence electrons. The Hall–Kier alpha value is -1.65. The van der Waals surface area contributed by atoms with Gasteiger partial charge in [-0.25, -0.2) is 4.99 Å². The number of guanidine groups is 1. The number of aliphatic imine (C=N–C) groups is 1. The quantitative estimate of drug-likeness (QED) is 0.159. The van der Waals surface area contributed by atoms with Crippen molar-refractivity contribution >= 4 is 47.2 Å². The van der Waals surface area contributed by atoms with Gasteiger partial charge in [0.2, 0.25) is 0 Å². The Morgan fingerprint density at radius 1 is 1.13 bits per heavy atom. The van der Waals surface area contributed by atoms with Gasteiger partial charge in [0.15, 0.2) is 5.96 Å². The van der Waals surface area contributed by atoms with Crippen LogP contribution >= 0.6 is 35.3 Å². The number of aliphatic hydroxyl groups is 1. The second-order valence-corrected chi connectivity index (χ2v) is 7.92. The SMILES string of the molecule is CCCCNC(=O)c1ccc(CN=C(NCC)NCC(C)(O)c2ccsc2)cc1.I. The molecule has 0 aliphatic heterocycles. The topological polar surface area (TPSA) is 85.8 Å². The smallest absolute Gasteiger partial charge is 0.251 e. The molecule has 0 radical (unpaired) electrons. The van der Waals surface area contributed by atoms with Crippen molar-refractivity contribution < 1.29 is 9.90 Å². The number of benzene rings is 1. The summed E-state index contributed by atoms with van der Waals surface area (Å²) >= 11 is 1.56. The first kappa shape index (κ1) is 26.4. The average molecular weight is 545 g/mol. The Morgan fingerprint density at radius 3 is 2.47 bits per heavy atom. The zero-order valence-electron chi connectivity index (χ0n) is 17.9. The number of carbonyl (C=O) groups is 1. The number of nitrogens with zero attached hydrogens (tertiary/aromatic N) is 1. The van der Waals surface area contributed by atoms with Crippen LogP contribution in [0.1, 0.15) is 55.1 Å². The van der Waals surface area contributed by atoms with Crippen molar-refractivity contribution in [2.24, 2.45) is 4.99 Å². The van der Waals surface area contributed by atoms with Crippen LogP contribution in [0.2, 0.25) is 0 Å². The van der Waals surface area contributed by atoms with E-state index >= 15 is 0 Å². The minimum atomic E-state index is -0.969. The highest BCUT2D eigenvalue weighted by molar-refractivity contribution is 14.0. The molecule has 0 aliphatic rings. The van der Waals surface area contributed by atoms with Gasteiger partial charge in [0, 0.05) is 18.7 Å². The predicted octanol–water partition coefficient (Wildman–Crippen LogP) is 3.86. The molecule has 0 spiro atoms. The van der Waals surface area contributed by atoms with E-state index in [4.69, 9.17) is 0 Å². The highest BCUT2D eigenvalue weighted by Crippen LogP contribution is 2.21. The van der Waals surface area contributed by atoms with E-state index in [-0.39, 0.29) is 29.9 Å². The summed E-state index contributed by atoms with van der Waals surface area (Å²) in [5.41, 5.74) is 1.59. The summed E-state index contributed by atoms with van der Waals surface area (Å²) in [6.45, 7) is 8.15. The van der Waals surface area contributed by atoms with Crippen molar-refractivity contribution in [3.63, 3.8) is 0 Å². The minimum absolute atomic E-state index is 0. The van der Waals surface area contributed by atoms with E-state index in [9.17, 15) is 9.90 Å². The fraction of sp³-hybridized carbons (Fsp3) is 0.455. The lowest BCUT2D eigenvalue weighted by Gasteiger charge is -2.24. The molecule has 1 amide bonds. The number of rotatable bonds is 10. The van der Waals surface area contributed by atoms with Crippen LogP contribution in [0.15, 0.2) is 46.1 Å². The first-order valence-corrected chi connectivity index (χ1v) is 11.0. The molecular weight excluding hydrogens is 511 g/mol. The molecule has 8 heteroatoms. The van der Waals surface area contributed by atoms with Crippen LogP contribution in [0.25, 0.3) is 0 Å². The van der Waals surface area contributed by atoms with Crippen molar-refractivity contribution in [2.75, 3.05) is 19.6 Å². The first-order valence-electron chi connectivity index (χ1n) is 10.1. The maximum absolute atomic E-state index is 12.1. The van der Waals surface area contributed by atoms with Gasteiger partial charge in [-0.05, 0) is 60.4 Å². The molecule has 1 atom stereocenters. The molecule has 1 heterocycles. The number of unbranched alkanes of at least 4 members (excludes halogenated alkanes) is 1. The van der Waals surface area contributed by atoms with Crippen molar-refractivity contribution in [2.45, 2.75) is 45.8 Å². The molecule has 0 fully saturated rings. The van der Waals surface area contributed by atoms with E-state index in [1.807, 2.05) is 48.0 Å². The number of hydrogen-bond donors (Lipinski definition) is 4. The number of carbonyl (C=O) groups excluding carboxylic acids is 1. The Morgan fingerprint density at radius 2 is 1.87 bits per heavy atom. The fourth-order valence-electron chi connectivity index (χ4n) is 2.68. The van der Waals surface area contributed by atoms with E-state index in [1.165, 1.54) is 0 Å². The van der Waals surface area contributed by atoms with Gasteiger partial charge in [-0.1, -0.05) is 25.5 Å². The maximum atomic E-state index is 12.1. The molecule has 0 aliphatic carbocycles. The molecule has 2 aromatic rings. The van der Waals surface area contributed by atoms with Gasteiger partial charge in [-0.15, -0.1) is 24.0 Å². The van der Waals surface area contributed by atoms with E-state index in [0.717, 1.165) is 30.5 Å². The van der Waals surface area contributed by atoms with E-state index < -0.39 is 5.60 Å². The standard InChI is InChI=1S/C22H32N4O2S.HI/c1-4-6-12-24-20(27)18-9-7-17(8-10-18)14-25-21(23-5-2)26-16-22(3,28)19-11-13-29-15-19;/h7-11,13,15,28H,4-6,12,14,16H2,1-3H3,(H,24,27)(H2,23,25,26);1H. The molecule has 0 bridgehead atoms. The van der Waals surface area contributed by atoms with Crippen LogP contribution < -0.4 is 16.0 Å². The summed E-state index contributed by atoms with van der Waals surface area (Å²) < 4.78 is 0. The molecule has 1 aromatic heterocycles. The fourth-order valence-corrected chi connectivity index (χ4v) is 3.47. The van der Waals surface area contributed by atoms with Gasteiger partial charge >= 0.3 is 0 Å². The van der Waals surface area contributed by atoms with Crippen molar-refractivity contribution in [3.05, 3.63) is 57.8 Å². The highest BCUT2D eigenvalue weighted by Gasteiger charge is 2.23. The Labute approximate surface area is 200 Å². The number of amides is 1. The van der Waals surface area contributed by atoms with Gasteiger partial charge < -0.3 is 21.1 Å². The lowest BCUT2D eigenvalue weighted by atomic mass is 9.99. The summed E-state index contributed by atoms with van der Waals surface area (Å²) in [7, 11) is 0. The maximum Gasteiger partial charge on any atom is 0.251 e. The van der Waals surface area contributed by atoms with E-state index in [0.29, 0.717) is 31.2 Å².